The molecule has 1 spiro atoms. The van der Waals surface area contributed by atoms with E-state index in [1.807, 2.05) is 6.07 Å². The second kappa shape index (κ2) is 5.69. The Balaban J connectivity index is 0.00000144. The molecule has 5 heteroatoms. The quantitative estimate of drug-likeness (QED) is 0.826. The number of aliphatic hydroxyl groups is 1. The summed E-state index contributed by atoms with van der Waals surface area (Å²) in [5, 5.41) is 10.1. The van der Waals surface area contributed by atoms with Gasteiger partial charge in [0, 0.05) is 23.9 Å². The fraction of sp³-hybridized carbons (Fsp3) is 0.647. The third kappa shape index (κ3) is 2.17. The zero-order valence-corrected chi connectivity index (χ0v) is 14.9. The smallest absolute Gasteiger partial charge is 0.165 e. The van der Waals surface area contributed by atoms with E-state index in [4.69, 9.17) is 9.47 Å². The van der Waals surface area contributed by atoms with Crippen molar-refractivity contribution in [3.63, 3.8) is 0 Å². The molecule has 3 atom stereocenters. The number of aliphatic hydroxyl groups excluding tert-OH is 1. The maximum atomic E-state index is 10.1. The molecule has 1 N–H and O–H groups in total. The number of rotatable bonds is 1. The van der Waals surface area contributed by atoms with Crippen molar-refractivity contribution in [1.29, 1.82) is 0 Å². The molecular weight excluding hydrogens is 346 g/mol. The van der Waals surface area contributed by atoms with Crippen LogP contribution in [0.3, 0.4) is 0 Å². The summed E-state index contributed by atoms with van der Waals surface area (Å²) in [6.07, 6.45) is 3.59. The monoisotopic (exact) mass is 369 g/mol. The van der Waals surface area contributed by atoms with Crippen molar-refractivity contribution < 1.29 is 14.6 Å². The molecule has 3 aliphatic rings. The third-order valence-corrected chi connectivity index (χ3v) is 5.59. The average Bonchev–Trinajstić information content (AvgIpc) is 2.72. The predicted molar refractivity (Wildman–Crippen MR) is 90.2 cm³/mol. The van der Waals surface area contributed by atoms with E-state index in [-0.39, 0.29) is 34.6 Å². The number of ether oxygens (including phenoxy) is 2. The number of halogens is 1. The first-order valence-electron chi connectivity index (χ1n) is 7.87. The molecule has 0 radical (unpaired) electrons. The summed E-state index contributed by atoms with van der Waals surface area (Å²) in [6.45, 7) is 2.04. The summed E-state index contributed by atoms with van der Waals surface area (Å²) in [6, 6.07) is 4.22. The Morgan fingerprint density at radius 2 is 2.18 bits per heavy atom. The van der Waals surface area contributed by atoms with Crippen molar-refractivity contribution in [3.05, 3.63) is 23.3 Å². The van der Waals surface area contributed by atoms with Gasteiger partial charge in [0.15, 0.2) is 11.5 Å². The van der Waals surface area contributed by atoms with Gasteiger partial charge < -0.3 is 19.5 Å². The van der Waals surface area contributed by atoms with E-state index in [2.05, 4.69) is 18.0 Å². The fourth-order valence-corrected chi connectivity index (χ4v) is 4.50. The lowest BCUT2D eigenvalue weighted by Gasteiger charge is -2.40. The highest BCUT2D eigenvalue weighted by Gasteiger charge is 2.54. The number of hydrogen-bond acceptors (Lipinski definition) is 4. The lowest BCUT2D eigenvalue weighted by molar-refractivity contribution is 0.0120. The van der Waals surface area contributed by atoms with E-state index in [0.717, 1.165) is 50.3 Å². The van der Waals surface area contributed by atoms with Crippen LogP contribution in [-0.4, -0.2) is 42.9 Å². The van der Waals surface area contributed by atoms with Gasteiger partial charge in [-0.2, -0.15) is 0 Å². The molecule has 0 bridgehead atoms. The minimum atomic E-state index is -0.231. The summed E-state index contributed by atoms with van der Waals surface area (Å²) < 4.78 is 11.8. The molecule has 1 aliphatic carbocycles. The summed E-state index contributed by atoms with van der Waals surface area (Å²) in [5.41, 5.74) is 2.80. The van der Waals surface area contributed by atoms with Crippen molar-refractivity contribution in [1.82, 2.24) is 4.90 Å². The van der Waals surface area contributed by atoms with Gasteiger partial charge in [-0.05, 0) is 44.5 Å². The standard InChI is InChI=1S/C17H23NO3.BrH/c1-18-8-7-17-6-5-12(19)9-14(17)21-16-13(20-2)4-3-11(10-18)15(16)17;/h3-4,12,14,19H,5-10H2,1-2H3;1H/t12-,14-,17-;/m0./s1. The van der Waals surface area contributed by atoms with Crippen molar-refractivity contribution in [2.75, 3.05) is 20.7 Å². The first kappa shape index (κ1) is 16.1. The third-order valence-electron chi connectivity index (χ3n) is 5.59. The van der Waals surface area contributed by atoms with E-state index in [1.54, 1.807) is 7.11 Å². The molecule has 1 aromatic rings. The van der Waals surface area contributed by atoms with Gasteiger partial charge in [-0.3, -0.25) is 0 Å². The Morgan fingerprint density at radius 1 is 1.36 bits per heavy atom. The first-order chi connectivity index (χ1) is 10.1. The highest BCUT2D eigenvalue weighted by molar-refractivity contribution is 8.93. The second-order valence-electron chi connectivity index (χ2n) is 6.81. The van der Waals surface area contributed by atoms with Crippen molar-refractivity contribution in [3.8, 4) is 11.5 Å². The molecule has 0 amide bonds. The van der Waals surface area contributed by atoms with Crippen molar-refractivity contribution in [2.24, 2.45) is 0 Å². The van der Waals surface area contributed by atoms with Crippen LogP contribution < -0.4 is 9.47 Å². The molecule has 0 saturated heterocycles. The Kier molecular flexibility index (Phi) is 4.16. The minimum Gasteiger partial charge on any atom is -0.493 e. The molecule has 22 heavy (non-hydrogen) atoms. The van der Waals surface area contributed by atoms with E-state index < -0.39 is 0 Å². The van der Waals surface area contributed by atoms with E-state index >= 15 is 0 Å². The molecule has 1 aromatic carbocycles. The van der Waals surface area contributed by atoms with Gasteiger partial charge in [-0.15, -0.1) is 17.0 Å². The Morgan fingerprint density at radius 3 is 2.95 bits per heavy atom. The van der Waals surface area contributed by atoms with Gasteiger partial charge >= 0.3 is 0 Å². The predicted octanol–water partition coefficient (Wildman–Crippen LogP) is 2.65. The minimum absolute atomic E-state index is 0. The molecule has 0 unspecified atom stereocenters. The Hall–Kier alpha value is -0.780. The maximum absolute atomic E-state index is 10.1. The number of methoxy groups -OCH3 is 1. The lowest BCUT2D eigenvalue weighted by Crippen LogP contribution is -2.45. The highest BCUT2D eigenvalue weighted by atomic mass is 79.9. The Bertz CT molecular complexity index is 579. The summed E-state index contributed by atoms with van der Waals surface area (Å²) in [7, 11) is 3.88. The fourth-order valence-electron chi connectivity index (χ4n) is 4.50. The summed E-state index contributed by atoms with van der Waals surface area (Å²) in [5.74, 6) is 1.77. The van der Waals surface area contributed by atoms with Crippen LogP contribution in [0.5, 0.6) is 11.5 Å². The largest absolute Gasteiger partial charge is 0.493 e. The van der Waals surface area contributed by atoms with Crippen molar-refractivity contribution in [2.45, 2.75) is 49.9 Å². The molecule has 0 aromatic heterocycles. The van der Waals surface area contributed by atoms with Crippen LogP contribution in [0.1, 0.15) is 36.8 Å². The first-order valence-corrected chi connectivity index (χ1v) is 7.87. The van der Waals surface area contributed by atoms with E-state index in [9.17, 15) is 5.11 Å². The van der Waals surface area contributed by atoms with Crippen LogP contribution in [0.2, 0.25) is 0 Å². The average molecular weight is 370 g/mol. The van der Waals surface area contributed by atoms with Gasteiger partial charge in [-0.1, -0.05) is 6.07 Å². The number of nitrogens with zero attached hydrogens (tertiary/aromatic N) is 1. The summed E-state index contributed by atoms with van der Waals surface area (Å²) >= 11 is 0. The van der Waals surface area contributed by atoms with Crippen LogP contribution in [0, 0.1) is 0 Å². The highest BCUT2D eigenvalue weighted by Crippen LogP contribution is 2.57. The molecule has 122 valence electrons. The molecule has 4 nitrogen and oxygen atoms in total. The lowest BCUT2D eigenvalue weighted by atomic mass is 9.65. The molecule has 1 fully saturated rings. The normalized spacial score (nSPS) is 33.0. The van der Waals surface area contributed by atoms with E-state index in [1.165, 1.54) is 11.1 Å². The van der Waals surface area contributed by atoms with Gasteiger partial charge in [0.1, 0.15) is 6.10 Å². The second-order valence-corrected chi connectivity index (χ2v) is 6.81. The molecule has 2 aliphatic heterocycles. The van der Waals surface area contributed by atoms with Gasteiger partial charge in [0.2, 0.25) is 0 Å². The van der Waals surface area contributed by atoms with Crippen LogP contribution in [0.15, 0.2) is 12.1 Å². The molecule has 2 heterocycles. The van der Waals surface area contributed by atoms with Crippen LogP contribution in [0.4, 0.5) is 0 Å². The zero-order chi connectivity index (χ0) is 14.6. The van der Waals surface area contributed by atoms with Crippen molar-refractivity contribution >= 4 is 17.0 Å². The number of benzene rings is 1. The molecule has 4 rings (SSSR count). The molecular formula is C17H24BrNO3. The number of hydrogen-bond donors (Lipinski definition) is 1. The van der Waals surface area contributed by atoms with Gasteiger partial charge in [0.25, 0.3) is 0 Å². The Labute approximate surface area is 142 Å². The van der Waals surface area contributed by atoms with Crippen LogP contribution >= 0.6 is 17.0 Å². The SMILES string of the molecule is Br.COc1ccc2c3c1O[C@H]1C[C@@H](O)CC[C@@]31CCN(C)C2. The molecule has 1 saturated carbocycles. The topological polar surface area (TPSA) is 41.9 Å². The zero-order valence-electron chi connectivity index (χ0n) is 13.2. The summed E-state index contributed by atoms with van der Waals surface area (Å²) in [4.78, 5) is 2.39. The van der Waals surface area contributed by atoms with Crippen LogP contribution in [0.25, 0.3) is 0 Å². The van der Waals surface area contributed by atoms with Crippen LogP contribution in [-0.2, 0) is 12.0 Å². The van der Waals surface area contributed by atoms with Gasteiger partial charge in [-0.25, -0.2) is 0 Å². The maximum Gasteiger partial charge on any atom is 0.165 e. The van der Waals surface area contributed by atoms with E-state index in [0.29, 0.717) is 0 Å². The van der Waals surface area contributed by atoms with Gasteiger partial charge in [0.05, 0.1) is 13.2 Å².